The molecule has 26 heavy (non-hydrogen) atoms. The van der Waals surface area contributed by atoms with Gasteiger partial charge in [-0.05, 0) is 60.2 Å². The van der Waals surface area contributed by atoms with E-state index in [0.29, 0.717) is 23.0 Å². The molecule has 0 radical (unpaired) electrons. The SMILES string of the molecule is CCCCOc1ccc(-c2nnn(CC(=O)c3ccc(Cl)cc3)n2)cc1. The first-order valence-corrected chi connectivity index (χ1v) is 8.83. The summed E-state index contributed by atoms with van der Waals surface area (Å²) < 4.78 is 5.64. The van der Waals surface area contributed by atoms with Gasteiger partial charge in [-0.15, -0.1) is 10.2 Å². The van der Waals surface area contributed by atoms with E-state index >= 15 is 0 Å². The summed E-state index contributed by atoms with van der Waals surface area (Å²) in [5.74, 6) is 1.17. The molecule has 3 rings (SSSR count). The molecule has 0 bridgehead atoms. The van der Waals surface area contributed by atoms with E-state index in [1.54, 1.807) is 24.3 Å². The number of hydrogen-bond acceptors (Lipinski definition) is 5. The van der Waals surface area contributed by atoms with E-state index in [1.807, 2.05) is 24.3 Å². The molecule has 0 N–H and O–H groups in total. The van der Waals surface area contributed by atoms with Gasteiger partial charge in [-0.2, -0.15) is 4.80 Å². The highest BCUT2D eigenvalue weighted by molar-refractivity contribution is 6.30. The molecule has 0 unspecified atom stereocenters. The fourth-order valence-electron chi connectivity index (χ4n) is 2.32. The third-order valence-corrected chi connectivity index (χ3v) is 4.04. The van der Waals surface area contributed by atoms with Crippen molar-refractivity contribution in [3.63, 3.8) is 0 Å². The maximum atomic E-state index is 12.3. The maximum Gasteiger partial charge on any atom is 0.204 e. The van der Waals surface area contributed by atoms with Gasteiger partial charge in [0, 0.05) is 16.1 Å². The highest BCUT2D eigenvalue weighted by atomic mass is 35.5. The van der Waals surface area contributed by atoms with Crippen molar-refractivity contribution in [2.45, 2.75) is 26.3 Å². The van der Waals surface area contributed by atoms with Crippen LogP contribution < -0.4 is 4.74 Å². The van der Waals surface area contributed by atoms with Gasteiger partial charge in [-0.3, -0.25) is 4.79 Å². The van der Waals surface area contributed by atoms with Crippen LogP contribution in [-0.2, 0) is 6.54 Å². The highest BCUT2D eigenvalue weighted by Crippen LogP contribution is 2.19. The Morgan fingerprint density at radius 3 is 2.54 bits per heavy atom. The standard InChI is InChI=1S/C19H19ClN4O2/c1-2-3-12-26-17-10-6-15(7-11-17)19-21-23-24(22-19)13-18(25)14-4-8-16(20)9-5-14/h4-11H,2-3,12-13H2,1H3. The average Bonchev–Trinajstić information content (AvgIpc) is 3.11. The molecule has 0 aliphatic heterocycles. The zero-order valence-corrected chi connectivity index (χ0v) is 15.2. The molecule has 0 aliphatic rings. The van der Waals surface area contributed by atoms with Gasteiger partial charge in [0.1, 0.15) is 12.3 Å². The van der Waals surface area contributed by atoms with Crippen LogP contribution in [0.2, 0.25) is 5.02 Å². The number of aromatic nitrogens is 4. The van der Waals surface area contributed by atoms with Gasteiger partial charge in [-0.25, -0.2) is 0 Å². The molecule has 0 aliphatic carbocycles. The fourth-order valence-corrected chi connectivity index (χ4v) is 2.44. The topological polar surface area (TPSA) is 69.9 Å². The van der Waals surface area contributed by atoms with Crippen LogP contribution in [0.15, 0.2) is 48.5 Å². The minimum Gasteiger partial charge on any atom is -0.494 e. The summed E-state index contributed by atoms with van der Waals surface area (Å²) in [6.45, 7) is 2.85. The van der Waals surface area contributed by atoms with Crippen molar-refractivity contribution in [1.29, 1.82) is 0 Å². The molecule has 1 heterocycles. The smallest absolute Gasteiger partial charge is 0.204 e. The summed E-state index contributed by atoms with van der Waals surface area (Å²) in [4.78, 5) is 13.5. The van der Waals surface area contributed by atoms with E-state index in [9.17, 15) is 4.79 Å². The fraction of sp³-hybridized carbons (Fsp3) is 0.263. The third kappa shape index (κ3) is 4.67. The highest BCUT2D eigenvalue weighted by Gasteiger charge is 2.11. The Kier molecular flexibility index (Phi) is 5.96. The number of hydrogen-bond donors (Lipinski definition) is 0. The molecular weight excluding hydrogens is 352 g/mol. The Hall–Kier alpha value is -2.73. The van der Waals surface area contributed by atoms with Crippen molar-refractivity contribution < 1.29 is 9.53 Å². The van der Waals surface area contributed by atoms with E-state index in [4.69, 9.17) is 16.3 Å². The van der Waals surface area contributed by atoms with Crippen LogP contribution in [-0.4, -0.2) is 32.6 Å². The lowest BCUT2D eigenvalue weighted by Gasteiger charge is -2.05. The monoisotopic (exact) mass is 370 g/mol. The summed E-state index contributed by atoms with van der Waals surface area (Å²) in [6, 6.07) is 14.2. The Morgan fingerprint density at radius 1 is 1.12 bits per heavy atom. The first-order valence-electron chi connectivity index (χ1n) is 8.45. The molecule has 0 saturated heterocycles. The van der Waals surface area contributed by atoms with E-state index in [2.05, 4.69) is 22.3 Å². The average molecular weight is 371 g/mol. The van der Waals surface area contributed by atoms with Crippen LogP contribution in [0.25, 0.3) is 11.4 Å². The van der Waals surface area contributed by atoms with Crippen LogP contribution in [0.3, 0.4) is 0 Å². The van der Waals surface area contributed by atoms with Crippen molar-refractivity contribution in [1.82, 2.24) is 20.2 Å². The summed E-state index contributed by atoms with van der Waals surface area (Å²) in [5.41, 5.74) is 1.37. The molecular formula is C19H19ClN4O2. The molecule has 3 aromatic rings. The molecule has 7 heteroatoms. The second kappa shape index (κ2) is 8.58. The number of rotatable bonds is 8. The summed E-state index contributed by atoms with van der Waals surface area (Å²) in [6.07, 6.45) is 2.12. The molecule has 0 spiro atoms. The van der Waals surface area contributed by atoms with Crippen molar-refractivity contribution in [2.24, 2.45) is 0 Å². The zero-order valence-electron chi connectivity index (χ0n) is 14.4. The van der Waals surface area contributed by atoms with Gasteiger partial charge >= 0.3 is 0 Å². The summed E-state index contributed by atoms with van der Waals surface area (Å²) in [7, 11) is 0. The van der Waals surface area contributed by atoms with Gasteiger partial charge in [0.15, 0.2) is 5.78 Å². The molecule has 1 aromatic heterocycles. The second-order valence-corrected chi connectivity index (χ2v) is 6.24. The van der Waals surface area contributed by atoms with Crippen molar-refractivity contribution in [3.8, 4) is 17.1 Å². The van der Waals surface area contributed by atoms with Crippen LogP contribution >= 0.6 is 11.6 Å². The Balaban J connectivity index is 1.63. The van der Waals surface area contributed by atoms with Crippen LogP contribution in [0.1, 0.15) is 30.1 Å². The quantitative estimate of drug-likeness (QED) is 0.442. The van der Waals surface area contributed by atoms with E-state index in [-0.39, 0.29) is 12.3 Å². The number of carbonyl (C=O) groups is 1. The largest absolute Gasteiger partial charge is 0.494 e. The van der Waals surface area contributed by atoms with E-state index < -0.39 is 0 Å². The Bertz CT molecular complexity index is 860. The predicted molar refractivity (Wildman–Crippen MR) is 99.4 cm³/mol. The van der Waals surface area contributed by atoms with Gasteiger partial charge in [0.05, 0.1) is 6.61 Å². The second-order valence-electron chi connectivity index (χ2n) is 5.80. The number of nitrogens with zero attached hydrogens (tertiary/aromatic N) is 4. The first-order chi connectivity index (χ1) is 12.7. The van der Waals surface area contributed by atoms with Gasteiger partial charge in [-0.1, -0.05) is 24.9 Å². The van der Waals surface area contributed by atoms with Crippen molar-refractivity contribution >= 4 is 17.4 Å². The maximum absolute atomic E-state index is 12.3. The number of Topliss-reactive ketones (excluding diaryl/α,β-unsaturated/α-hetero) is 1. The lowest BCUT2D eigenvalue weighted by atomic mass is 10.1. The molecule has 2 aromatic carbocycles. The summed E-state index contributed by atoms with van der Waals surface area (Å²) in [5, 5.41) is 12.8. The lowest BCUT2D eigenvalue weighted by Crippen LogP contribution is -2.13. The number of unbranched alkanes of at least 4 members (excludes halogenated alkanes) is 1. The molecule has 134 valence electrons. The number of ether oxygens (including phenoxy) is 1. The molecule has 0 fully saturated rings. The number of tetrazole rings is 1. The predicted octanol–water partition coefficient (Wildman–Crippen LogP) is 4.06. The lowest BCUT2D eigenvalue weighted by molar-refractivity contribution is 0.0961. The number of benzene rings is 2. The number of ketones is 1. The Morgan fingerprint density at radius 2 is 1.85 bits per heavy atom. The third-order valence-electron chi connectivity index (χ3n) is 3.78. The van der Waals surface area contributed by atoms with Crippen LogP contribution in [0.4, 0.5) is 0 Å². The minimum atomic E-state index is -0.106. The van der Waals surface area contributed by atoms with Crippen molar-refractivity contribution in [2.75, 3.05) is 6.61 Å². The van der Waals surface area contributed by atoms with Crippen molar-refractivity contribution in [3.05, 3.63) is 59.1 Å². The first kappa shape index (κ1) is 18.1. The molecule has 0 saturated carbocycles. The van der Waals surface area contributed by atoms with E-state index in [1.165, 1.54) is 4.80 Å². The number of carbonyl (C=O) groups excluding carboxylic acids is 1. The van der Waals surface area contributed by atoms with Crippen LogP contribution in [0.5, 0.6) is 5.75 Å². The van der Waals surface area contributed by atoms with Gasteiger partial charge in [0.2, 0.25) is 5.82 Å². The molecule has 0 atom stereocenters. The zero-order chi connectivity index (χ0) is 18.4. The van der Waals surface area contributed by atoms with Crippen LogP contribution in [0, 0.1) is 0 Å². The Labute approximate surface area is 156 Å². The minimum absolute atomic E-state index is 0.0207. The van der Waals surface area contributed by atoms with Gasteiger partial charge < -0.3 is 4.74 Å². The summed E-state index contributed by atoms with van der Waals surface area (Å²) >= 11 is 5.83. The molecule has 6 nitrogen and oxygen atoms in total. The molecule has 0 amide bonds. The van der Waals surface area contributed by atoms with Gasteiger partial charge in [0.25, 0.3) is 0 Å². The number of halogens is 1. The normalized spacial score (nSPS) is 10.7. The van der Waals surface area contributed by atoms with E-state index in [0.717, 1.165) is 24.2 Å².